The molecular formula is C30H27Cl2N3O6S3. The number of hydrogen-bond donors (Lipinski definition) is 0. The van der Waals surface area contributed by atoms with Crippen molar-refractivity contribution in [2.75, 3.05) is 17.5 Å². The maximum atomic E-state index is 13.9. The van der Waals surface area contributed by atoms with E-state index in [1.54, 1.807) is 51.3 Å². The van der Waals surface area contributed by atoms with Gasteiger partial charge in [-0.2, -0.15) is 0 Å². The number of carbonyl (C=O) groups is 2. The summed E-state index contributed by atoms with van der Waals surface area (Å²) in [6.45, 7) is 6.58. The minimum Gasteiger partial charge on any atom is -0.461 e. The van der Waals surface area contributed by atoms with E-state index >= 15 is 0 Å². The Morgan fingerprint density at radius 2 is 1.75 bits per heavy atom. The van der Waals surface area contributed by atoms with Gasteiger partial charge in [-0.15, -0.1) is 22.7 Å². The minimum atomic E-state index is -4.28. The van der Waals surface area contributed by atoms with Gasteiger partial charge in [0, 0.05) is 27.0 Å². The number of esters is 2. The van der Waals surface area contributed by atoms with Gasteiger partial charge in [-0.25, -0.2) is 18.2 Å². The summed E-state index contributed by atoms with van der Waals surface area (Å²) >= 11 is 15.1. The van der Waals surface area contributed by atoms with Crippen LogP contribution in [0.4, 0.5) is 5.69 Å². The van der Waals surface area contributed by atoms with Crippen LogP contribution in [0.25, 0.3) is 25.8 Å². The molecule has 5 rings (SSSR count). The normalized spacial score (nSPS) is 12.0. The summed E-state index contributed by atoms with van der Waals surface area (Å²) in [4.78, 5) is 30.1. The van der Waals surface area contributed by atoms with Gasteiger partial charge in [-0.1, -0.05) is 23.2 Å². The molecule has 0 saturated carbocycles. The Labute approximate surface area is 272 Å². The Balaban J connectivity index is 1.50. The zero-order valence-electron chi connectivity index (χ0n) is 24.0. The highest BCUT2D eigenvalue weighted by atomic mass is 35.5. The number of benzene rings is 2. The Bertz CT molecular complexity index is 1950. The monoisotopic (exact) mass is 691 g/mol. The fourth-order valence-electron chi connectivity index (χ4n) is 4.35. The summed E-state index contributed by atoms with van der Waals surface area (Å²) in [6.07, 6.45) is 1.87. The van der Waals surface area contributed by atoms with Crippen molar-refractivity contribution in [3.05, 3.63) is 81.9 Å². The van der Waals surface area contributed by atoms with Crippen molar-refractivity contribution in [1.29, 1.82) is 0 Å². The van der Waals surface area contributed by atoms with Crippen LogP contribution in [-0.2, 0) is 24.3 Å². The third-order valence-corrected chi connectivity index (χ3v) is 10.4. The maximum Gasteiger partial charge on any atom is 0.357 e. The molecule has 0 radical (unpaired) electrons. The summed E-state index contributed by atoms with van der Waals surface area (Å²) in [6, 6.07) is 14.8. The molecule has 0 bridgehead atoms. The highest BCUT2D eigenvalue weighted by molar-refractivity contribution is 7.92. The van der Waals surface area contributed by atoms with Crippen molar-refractivity contribution in [3.8, 4) is 14.9 Å². The summed E-state index contributed by atoms with van der Waals surface area (Å²) in [5, 5.41) is 4.30. The Morgan fingerprint density at radius 1 is 1.02 bits per heavy atom. The van der Waals surface area contributed by atoms with Crippen LogP contribution in [0.2, 0.25) is 10.0 Å². The average molecular weight is 693 g/mol. The van der Waals surface area contributed by atoms with Crippen LogP contribution in [0, 0.1) is 0 Å². The van der Waals surface area contributed by atoms with E-state index in [0.717, 1.165) is 25.1 Å². The van der Waals surface area contributed by atoms with Crippen LogP contribution in [0.15, 0.2) is 71.1 Å². The topological polar surface area (TPSA) is 108 Å². The fraction of sp³-hybridized carbons (Fsp3) is 0.233. The Hall–Kier alpha value is -3.42. The number of rotatable bonds is 9. The van der Waals surface area contributed by atoms with Gasteiger partial charge in [0.15, 0.2) is 5.69 Å². The predicted octanol–water partition coefficient (Wildman–Crippen LogP) is 7.84. The number of carbonyl (C=O) groups excluding carboxylic acids is 2. The molecule has 230 valence electrons. The zero-order valence-corrected chi connectivity index (χ0v) is 28.0. The molecule has 14 heteroatoms. The molecule has 3 aromatic heterocycles. The maximum absolute atomic E-state index is 13.9. The Morgan fingerprint density at radius 3 is 2.43 bits per heavy atom. The first kappa shape index (κ1) is 32.0. The summed E-state index contributed by atoms with van der Waals surface area (Å²) in [5.74, 6) is -1.17. The van der Waals surface area contributed by atoms with Gasteiger partial charge >= 0.3 is 11.9 Å². The highest BCUT2D eigenvalue weighted by Gasteiger charge is 2.30. The lowest BCUT2D eigenvalue weighted by Gasteiger charge is -2.26. The van der Waals surface area contributed by atoms with Crippen molar-refractivity contribution >= 4 is 84.4 Å². The van der Waals surface area contributed by atoms with E-state index in [1.165, 1.54) is 40.9 Å². The molecule has 0 aliphatic heterocycles. The number of sulfonamides is 1. The van der Waals surface area contributed by atoms with Crippen LogP contribution in [0.3, 0.4) is 0 Å². The first-order valence-corrected chi connectivity index (χ1v) is 17.2. The number of thiophene rings is 1. The lowest BCUT2D eigenvalue weighted by atomic mass is 10.2. The SMILES string of the molecule is CCOC(=O)c1csc(-c2ccc(-n3ccc4cc(N(CC(=O)OC(C)(C)C)S(=O)(=O)c5cc(Cl)cc(Cl)c5)ccc43)s2)n1. The smallest absolute Gasteiger partial charge is 0.357 e. The molecule has 0 saturated heterocycles. The van der Waals surface area contributed by atoms with E-state index in [4.69, 9.17) is 32.7 Å². The Kier molecular flexibility index (Phi) is 9.11. The number of fused-ring (bicyclic) bond motifs is 1. The van der Waals surface area contributed by atoms with Crippen molar-refractivity contribution in [2.24, 2.45) is 0 Å². The molecule has 0 spiro atoms. The van der Waals surface area contributed by atoms with Gasteiger partial charge in [0.1, 0.15) is 22.2 Å². The number of anilines is 1. The quantitative estimate of drug-likeness (QED) is 0.145. The van der Waals surface area contributed by atoms with Crippen LogP contribution >= 0.6 is 45.9 Å². The number of ether oxygens (including phenoxy) is 2. The second-order valence-corrected chi connectivity index (χ2v) is 15.2. The van der Waals surface area contributed by atoms with Crippen molar-refractivity contribution < 1.29 is 27.5 Å². The molecule has 44 heavy (non-hydrogen) atoms. The lowest BCUT2D eigenvalue weighted by Crippen LogP contribution is -2.39. The van der Waals surface area contributed by atoms with Crippen LogP contribution in [0.1, 0.15) is 38.2 Å². The molecule has 0 atom stereocenters. The third-order valence-electron chi connectivity index (χ3n) is 6.11. The molecule has 0 N–H and O–H groups in total. The molecule has 9 nitrogen and oxygen atoms in total. The summed E-state index contributed by atoms with van der Waals surface area (Å²) in [5.41, 5.74) is 0.532. The zero-order chi connectivity index (χ0) is 31.8. The molecule has 0 fully saturated rings. The van der Waals surface area contributed by atoms with Gasteiger partial charge < -0.3 is 14.0 Å². The summed E-state index contributed by atoms with van der Waals surface area (Å²) < 4.78 is 41.2. The van der Waals surface area contributed by atoms with E-state index in [-0.39, 0.29) is 32.9 Å². The van der Waals surface area contributed by atoms with Gasteiger partial charge in [-0.3, -0.25) is 9.10 Å². The standard InChI is InChI=1S/C30H27Cl2N3O6S3/c1-5-40-29(37)23-17-42-28(33-23)25-8-9-26(43-25)34-11-10-18-12-21(6-7-24(18)34)35(16-27(36)41-30(2,3)4)44(38,39)22-14-19(31)13-20(32)15-22/h6-15,17H,5,16H2,1-4H3. The second-order valence-electron chi connectivity index (χ2n) is 10.5. The van der Waals surface area contributed by atoms with E-state index in [2.05, 4.69) is 4.98 Å². The molecule has 0 aliphatic rings. The first-order valence-electron chi connectivity index (χ1n) is 13.3. The average Bonchev–Trinajstić information content (AvgIpc) is 3.69. The molecule has 5 aromatic rings. The number of nitrogens with zero attached hydrogens (tertiary/aromatic N) is 3. The molecule has 2 aromatic carbocycles. The highest BCUT2D eigenvalue weighted by Crippen LogP contribution is 2.36. The number of thiazole rings is 1. The van der Waals surface area contributed by atoms with E-state index < -0.39 is 34.1 Å². The van der Waals surface area contributed by atoms with Gasteiger partial charge in [0.2, 0.25) is 0 Å². The van der Waals surface area contributed by atoms with Crippen molar-refractivity contribution in [1.82, 2.24) is 9.55 Å². The second kappa shape index (κ2) is 12.5. The molecule has 0 amide bonds. The molecule has 0 unspecified atom stereocenters. The number of halogens is 2. The molecule has 3 heterocycles. The first-order chi connectivity index (χ1) is 20.7. The van der Waals surface area contributed by atoms with Crippen molar-refractivity contribution in [2.45, 2.75) is 38.2 Å². The third kappa shape index (κ3) is 6.94. The van der Waals surface area contributed by atoms with Crippen molar-refractivity contribution in [3.63, 3.8) is 0 Å². The molecule has 0 aliphatic carbocycles. The van der Waals surface area contributed by atoms with Crippen LogP contribution < -0.4 is 4.31 Å². The summed E-state index contributed by atoms with van der Waals surface area (Å²) in [7, 11) is -4.28. The van der Waals surface area contributed by atoms with Crippen LogP contribution in [-0.4, -0.2) is 48.7 Å². The number of hydrogen-bond acceptors (Lipinski definition) is 9. The van der Waals surface area contributed by atoms with E-state index in [9.17, 15) is 18.0 Å². The lowest BCUT2D eigenvalue weighted by molar-refractivity contribution is -0.152. The van der Waals surface area contributed by atoms with Gasteiger partial charge in [0.25, 0.3) is 10.0 Å². The fourth-order valence-corrected chi connectivity index (χ4v) is 8.34. The van der Waals surface area contributed by atoms with Gasteiger partial charge in [-0.05, 0) is 82.3 Å². The van der Waals surface area contributed by atoms with Crippen LogP contribution in [0.5, 0.6) is 0 Å². The predicted molar refractivity (Wildman–Crippen MR) is 175 cm³/mol. The largest absolute Gasteiger partial charge is 0.461 e. The van der Waals surface area contributed by atoms with E-state index in [0.29, 0.717) is 5.01 Å². The van der Waals surface area contributed by atoms with E-state index in [1.807, 2.05) is 29.0 Å². The van der Waals surface area contributed by atoms with Gasteiger partial charge in [0.05, 0.1) is 27.6 Å². The molecular weight excluding hydrogens is 665 g/mol. The minimum absolute atomic E-state index is 0.144. The number of aromatic nitrogens is 2.